The lowest BCUT2D eigenvalue weighted by atomic mass is 9.88. The van der Waals surface area contributed by atoms with E-state index in [0.29, 0.717) is 27.6 Å². The predicted molar refractivity (Wildman–Crippen MR) is 124 cm³/mol. The van der Waals surface area contributed by atoms with Crippen LogP contribution >= 0.6 is 11.3 Å². The maximum atomic E-state index is 12.5. The molecule has 0 fully saturated rings. The first-order chi connectivity index (χ1) is 15.8. The van der Waals surface area contributed by atoms with E-state index in [-0.39, 0.29) is 6.61 Å². The average Bonchev–Trinajstić information content (AvgIpc) is 3.15. The van der Waals surface area contributed by atoms with Gasteiger partial charge in [0.05, 0.1) is 31.1 Å². The number of carbonyl (C=O) groups is 4. The van der Waals surface area contributed by atoms with E-state index in [1.165, 1.54) is 24.7 Å². The molecule has 2 amide bonds. The maximum absolute atomic E-state index is 12.5. The summed E-state index contributed by atoms with van der Waals surface area (Å²) in [4.78, 5) is 49.6. The number of amides is 2. The Kier molecular flexibility index (Phi) is 7.94. The molecule has 0 radical (unpaired) electrons. The van der Waals surface area contributed by atoms with Gasteiger partial charge in [-0.1, -0.05) is 19.1 Å². The van der Waals surface area contributed by atoms with Gasteiger partial charge in [-0.2, -0.15) is 5.10 Å². The third-order valence-electron chi connectivity index (χ3n) is 5.14. The van der Waals surface area contributed by atoms with Crippen LogP contribution in [0.1, 0.15) is 57.0 Å². The number of hydrogen-bond acceptors (Lipinski definition) is 8. The largest absolute Gasteiger partial charge is 0.465 e. The van der Waals surface area contributed by atoms with Crippen LogP contribution in [-0.2, 0) is 31.9 Å². The average molecular weight is 472 g/mol. The van der Waals surface area contributed by atoms with E-state index in [9.17, 15) is 19.2 Å². The van der Waals surface area contributed by atoms with Crippen LogP contribution < -0.4 is 10.7 Å². The first-order valence-electron chi connectivity index (χ1n) is 10.5. The molecule has 174 valence electrons. The van der Waals surface area contributed by atoms with Gasteiger partial charge in [0.2, 0.25) is 0 Å². The molecule has 10 heteroatoms. The zero-order valence-electron chi connectivity index (χ0n) is 18.6. The zero-order chi connectivity index (χ0) is 24.0. The van der Waals surface area contributed by atoms with Crippen LogP contribution in [0.4, 0.5) is 5.00 Å². The van der Waals surface area contributed by atoms with Crippen LogP contribution in [-0.4, -0.2) is 43.7 Å². The summed E-state index contributed by atoms with van der Waals surface area (Å²) in [6.45, 7) is 4.06. The Morgan fingerprint density at radius 2 is 1.88 bits per heavy atom. The molecule has 0 bridgehead atoms. The fourth-order valence-electron chi connectivity index (χ4n) is 3.46. The molecule has 1 aliphatic carbocycles. The fraction of sp³-hybridized carbons (Fsp3) is 0.348. The van der Waals surface area contributed by atoms with Crippen LogP contribution in [0.25, 0.3) is 0 Å². The third kappa shape index (κ3) is 5.83. The molecule has 0 saturated carbocycles. The summed E-state index contributed by atoms with van der Waals surface area (Å²) in [5.74, 6) is -2.41. The summed E-state index contributed by atoms with van der Waals surface area (Å²) in [5.41, 5.74) is 4.36. The SMILES string of the molecule is CCOC(=O)c1c(NC(=O)C(=O)NN=Cc2ccc(C(=O)OC)cc2)sc2c1CCC(C)C2. The molecule has 1 aliphatic rings. The molecule has 1 aromatic heterocycles. The van der Waals surface area contributed by atoms with Crippen molar-refractivity contribution in [3.8, 4) is 0 Å². The number of anilines is 1. The smallest absolute Gasteiger partial charge is 0.341 e. The van der Waals surface area contributed by atoms with Crippen LogP contribution in [0.3, 0.4) is 0 Å². The van der Waals surface area contributed by atoms with Crippen molar-refractivity contribution in [2.75, 3.05) is 19.0 Å². The van der Waals surface area contributed by atoms with Gasteiger partial charge in [0.15, 0.2) is 0 Å². The van der Waals surface area contributed by atoms with Crippen molar-refractivity contribution in [2.24, 2.45) is 11.0 Å². The van der Waals surface area contributed by atoms with Crippen molar-refractivity contribution in [1.29, 1.82) is 0 Å². The molecule has 0 spiro atoms. The summed E-state index contributed by atoms with van der Waals surface area (Å²) in [5, 5.41) is 6.62. The second-order valence-electron chi connectivity index (χ2n) is 7.54. The van der Waals surface area contributed by atoms with E-state index in [4.69, 9.17) is 4.74 Å². The Morgan fingerprint density at radius 1 is 1.15 bits per heavy atom. The van der Waals surface area contributed by atoms with Crippen LogP contribution in [0.5, 0.6) is 0 Å². The Hall–Kier alpha value is -3.53. The van der Waals surface area contributed by atoms with Crippen LogP contribution in [0.15, 0.2) is 29.4 Å². The van der Waals surface area contributed by atoms with Gasteiger partial charge < -0.3 is 14.8 Å². The minimum absolute atomic E-state index is 0.211. The molecule has 0 aliphatic heterocycles. The third-order valence-corrected chi connectivity index (χ3v) is 6.31. The lowest BCUT2D eigenvalue weighted by Crippen LogP contribution is -2.32. The van der Waals surface area contributed by atoms with Gasteiger partial charge in [-0.3, -0.25) is 9.59 Å². The topological polar surface area (TPSA) is 123 Å². The fourth-order valence-corrected chi connectivity index (χ4v) is 4.85. The highest BCUT2D eigenvalue weighted by molar-refractivity contribution is 7.17. The molecule has 2 aromatic rings. The standard InChI is InChI=1S/C23H25N3O6S/c1-4-32-23(30)18-16-10-5-13(2)11-17(16)33-21(18)25-19(27)20(28)26-24-12-14-6-8-15(9-7-14)22(29)31-3/h6-9,12-13H,4-5,10-11H2,1-3H3,(H,25,27)(H,26,28). The van der Waals surface area contributed by atoms with E-state index in [1.807, 2.05) is 0 Å². The second kappa shape index (κ2) is 10.9. The number of benzene rings is 1. The number of fused-ring (bicyclic) bond motifs is 1. The highest BCUT2D eigenvalue weighted by Gasteiger charge is 2.30. The zero-order valence-corrected chi connectivity index (χ0v) is 19.4. The number of hydrazone groups is 1. The number of hydrogen-bond donors (Lipinski definition) is 2. The van der Waals surface area contributed by atoms with Gasteiger partial charge >= 0.3 is 23.8 Å². The van der Waals surface area contributed by atoms with Crippen molar-refractivity contribution >= 4 is 46.3 Å². The van der Waals surface area contributed by atoms with Gasteiger partial charge in [0, 0.05) is 4.88 Å². The quantitative estimate of drug-likeness (QED) is 0.289. The van der Waals surface area contributed by atoms with Gasteiger partial charge in [-0.25, -0.2) is 15.0 Å². The Bertz CT molecular complexity index is 1090. The van der Waals surface area contributed by atoms with Crippen molar-refractivity contribution in [3.05, 3.63) is 51.4 Å². The van der Waals surface area contributed by atoms with Gasteiger partial charge in [-0.05, 0) is 55.4 Å². The summed E-state index contributed by atoms with van der Waals surface area (Å²) in [7, 11) is 1.29. The highest BCUT2D eigenvalue weighted by atomic mass is 32.1. The molecule has 1 unspecified atom stereocenters. The number of carbonyl (C=O) groups excluding carboxylic acids is 4. The Labute approximate surface area is 195 Å². The Balaban J connectivity index is 1.67. The second-order valence-corrected chi connectivity index (χ2v) is 8.65. The van der Waals surface area contributed by atoms with Crippen molar-refractivity contribution in [3.63, 3.8) is 0 Å². The molecule has 1 aromatic carbocycles. The lowest BCUT2D eigenvalue weighted by Gasteiger charge is -2.18. The molecule has 1 heterocycles. The number of methoxy groups -OCH3 is 1. The monoisotopic (exact) mass is 471 g/mol. The van der Waals surface area contributed by atoms with Gasteiger partial charge in [-0.15, -0.1) is 11.3 Å². The van der Waals surface area contributed by atoms with E-state index in [1.54, 1.807) is 31.2 Å². The molecule has 9 nitrogen and oxygen atoms in total. The summed E-state index contributed by atoms with van der Waals surface area (Å²) in [6, 6.07) is 6.34. The predicted octanol–water partition coefficient (Wildman–Crippen LogP) is 2.93. The highest BCUT2D eigenvalue weighted by Crippen LogP contribution is 2.40. The van der Waals surface area contributed by atoms with E-state index >= 15 is 0 Å². The summed E-state index contributed by atoms with van der Waals surface area (Å²) in [6.07, 6.45) is 3.82. The number of esters is 2. The number of thiophene rings is 1. The minimum atomic E-state index is -0.980. The molecule has 33 heavy (non-hydrogen) atoms. The molecular formula is C23H25N3O6S. The number of rotatable bonds is 6. The van der Waals surface area contributed by atoms with E-state index in [0.717, 1.165) is 29.7 Å². The number of nitrogens with one attached hydrogen (secondary N) is 2. The van der Waals surface area contributed by atoms with Gasteiger partial charge in [0.1, 0.15) is 5.00 Å². The molecule has 2 N–H and O–H groups in total. The van der Waals surface area contributed by atoms with Crippen LogP contribution in [0.2, 0.25) is 0 Å². The van der Waals surface area contributed by atoms with Crippen molar-refractivity contribution < 1.29 is 28.7 Å². The minimum Gasteiger partial charge on any atom is -0.465 e. The summed E-state index contributed by atoms with van der Waals surface area (Å²) >= 11 is 1.30. The molecular weight excluding hydrogens is 446 g/mol. The molecule has 1 atom stereocenters. The molecule has 3 rings (SSSR count). The van der Waals surface area contributed by atoms with Crippen molar-refractivity contribution in [2.45, 2.75) is 33.1 Å². The number of ether oxygens (including phenoxy) is 2. The van der Waals surface area contributed by atoms with Crippen molar-refractivity contribution in [1.82, 2.24) is 5.43 Å². The summed E-state index contributed by atoms with van der Waals surface area (Å²) < 4.78 is 9.80. The Morgan fingerprint density at radius 3 is 2.55 bits per heavy atom. The maximum Gasteiger partial charge on any atom is 0.341 e. The number of nitrogens with zero attached hydrogens (tertiary/aromatic N) is 1. The first-order valence-corrected chi connectivity index (χ1v) is 11.3. The van der Waals surface area contributed by atoms with Gasteiger partial charge in [0.25, 0.3) is 0 Å². The van der Waals surface area contributed by atoms with E-state index < -0.39 is 23.8 Å². The molecule has 0 saturated heterocycles. The van der Waals surface area contributed by atoms with E-state index in [2.05, 4.69) is 27.5 Å². The van der Waals surface area contributed by atoms with Crippen LogP contribution in [0, 0.1) is 5.92 Å². The normalized spacial score (nSPS) is 14.9. The first kappa shape index (κ1) is 24.1. The lowest BCUT2D eigenvalue weighted by molar-refractivity contribution is -0.136.